The van der Waals surface area contributed by atoms with Crippen molar-refractivity contribution in [2.24, 2.45) is 23.5 Å². The van der Waals surface area contributed by atoms with E-state index in [0.29, 0.717) is 37.6 Å². The number of hydrogen-bond donors (Lipinski definition) is 4. The highest BCUT2D eigenvalue weighted by Gasteiger charge is 2.41. The average molecular weight is 575 g/mol. The zero-order valence-corrected chi connectivity index (χ0v) is 25.6. The molecule has 0 bridgehead atoms. The largest absolute Gasteiger partial charge is 0.390 e. The summed E-state index contributed by atoms with van der Waals surface area (Å²) >= 11 is 0. The maximum atomic E-state index is 13.8. The van der Waals surface area contributed by atoms with Crippen molar-refractivity contribution in [1.82, 2.24) is 15.5 Å². The molecule has 2 fully saturated rings. The highest BCUT2D eigenvalue weighted by molar-refractivity contribution is 5.82. The molecule has 228 valence electrons. The lowest BCUT2D eigenvalue weighted by Gasteiger charge is -2.46. The summed E-state index contributed by atoms with van der Waals surface area (Å²) in [5, 5.41) is 17.2. The maximum absolute atomic E-state index is 13.8. The van der Waals surface area contributed by atoms with Gasteiger partial charge in [0.05, 0.1) is 18.2 Å². The molecule has 1 heterocycles. The van der Waals surface area contributed by atoms with Crippen LogP contribution in [0.25, 0.3) is 0 Å². The van der Waals surface area contributed by atoms with Gasteiger partial charge < -0.3 is 21.5 Å². The van der Waals surface area contributed by atoms with Crippen molar-refractivity contribution in [3.8, 4) is 0 Å². The molecule has 42 heavy (non-hydrogen) atoms. The van der Waals surface area contributed by atoms with Crippen molar-refractivity contribution in [3.63, 3.8) is 0 Å². The molecule has 5 N–H and O–H groups in total. The number of likely N-dealkylation sites (tertiary alicyclic amines) is 1. The van der Waals surface area contributed by atoms with E-state index in [-0.39, 0.29) is 35.4 Å². The number of nitrogens with one attached hydrogen (secondary N) is 2. The summed E-state index contributed by atoms with van der Waals surface area (Å²) in [6.07, 6.45) is 6.79. The molecular weight excluding hydrogens is 524 g/mol. The van der Waals surface area contributed by atoms with Gasteiger partial charge in [0.15, 0.2) is 0 Å². The average Bonchev–Trinajstić information content (AvgIpc) is 3.26. The Morgan fingerprint density at radius 2 is 1.71 bits per heavy atom. The van der Waals surface area contributed by atoms with Crippen LogP contribution in [0.2, 0.25) is 0 Å². The third-order valence-corrected chi connectivity index (χ3v) is 9.56. The van der Waals surface area contributed by atoms with Gasteiger partial charge in [0.1, 0.15) is 0 Å². The quantitative estimate of drug-likeness (QED) is 0.360. The first-order chi connectivity index (χ1) is 20.1. The molecule has 2 amide bonds. The number of piperidine rings is 1. The second kappa shape index (κ2) is 13.3. The highest BCUT2D eigenvalue weighted by atomic mass is 16.3. The van der Waals surface area contributed by atoms with Gasteiger partial charge in [-0.25, -0.2) is 0 Å². The number of nitrogens with zero attached hydrogens (tertiary/aromatic N) is 1. The van der Waals surface area contributed by atoms with E-state index in [4.69, 9.17) is 5.73 Å². The Labute approximate surface area is 251 Å². The molecule has 1 saturated carbocycles. The molecule has 0 spiro atoms. The number of rotatable bonds is 9. The van der Waals surface area contributed by atoms with Crippen LogP contribution in [0, 0.1) is 17.8 Å². The van der Waals surface area contributed by atoms with Crippen molar-refractivity contribution in [2.45, 2.75) is 102 Å². The maximum Gasteiger partial charge on any atom is 0.237 e. The molecule has 2 aliphatic carbocycles. The zero-order valence-electron chi connectivity index (χ0n) is 25.6. The Kier molecular flexibility index (Phi) is 9.70. The lowest BCUT2D eigenvalue weighted by atomic mass is 9.72. The van der Waals surface area contributed by atoms with Gasteiger partial charge in [0, 0.05) is 37.0 Å². The fourth-order valence-corrected chi connectivity index (χ4v) is 7.57. The van der Waals surface area contributed by atoms with E-state index in [1.54, 1.807) is 0 Å². The van der Waals surface area contributed by atoms with Crippen LogP contribution in [0.4, 0.5) is 0 Å². The van der Waals surface area contributed by atoms with Gasteiger partial charge >= 0.3 is 0 Å². The molecule has 7 heteroatoms. The van der Waals surface area contributed by atoms with Crippen LogP contribution in [-0.2, 0) is 22.4 Å². The molecule has 0 aromatic heterocycles. The number of benzene rings is 2. The lowest BCUT2D eigenvalue weighted by Crippen LogP contribution is -2.59. The Hall–Kier alpha value is -2.74. The molecule has 2 aromatic carbocycles. The van der Waals surface area contributed by atoms with E-state index in [2.05, 4.69) is 15.5 Å². The number of fused-ring (bicyclic) bond motifs is 2. The van der Waals surface area contributed by atoms with Crippen molar-refractivity contribution in [2.75, 3.05) is 13.1 Å². The predicted octanol–water partition coefficient (Wildman–Crippen LogP) is 4.13. The minimum atomic E-state index is -0.642. The van der Waals surface area contributed by atoms with E-state index in [1.807, 2.05) is 75.4 Å². The van der Waals surface area contributed by atoms with Crippen LogP contribution < -0.4 is 16.4 Å². The smallest absolute Gasteiger partial charge is 0.237 e. The third-order valence-electron chi connectivity index (χ3n) is 9.56. The first-order valence-electron chi connectivity index (χ1n) is 16.0. The molecule has 0 unspecified atom stereocenters. The van der Waals surface area contributed by atoms with E-state index in [9.17, 15) is 14.7 Å². The summed E-state index contributed by atoms with van der Waals surface area (Å²) in [7, 11) is 0. The van der Waals surface area contributed by atoms with Gasteiger partial charge in [0.25, 0.3) is 0 Å². The number of amides is 2. The lowest BCUT2D eigenvalue weighted by molar-refractivity contribution is -0.132. The van der Waals surface area contributed by atoms with Crippen LogP contribution >= 0.6 is 0 Å². The van der Waals surface area contributed by atoms with Crippen LogP contribution in [0.15, 0.2) is 54.6 Å². The van der Waals surface area contributed by atoms with Crippen LogP contribution in [0.3, 0.4) is 0 Å². The van der Waals surface area contributed by atoms with E-state index in [1.165, 1.54) is 25.7 Å². The minimum absolute atomic E-state index is 0.0805. The number of aliphatic hydroxyl groups is 1. The SMILES string of the molecule is CC(C)(C)NC(=O)[C@@H]1C[C@@H]2CCCC[C@@H]2CN1C[C@@H](N)C[C@@H](Cc1ccccc1)C(=O)N[C@H]1c2ccccc2C[C@H]1O. The van der Waals surface area contributed by atoms with Crippen molar-refractivity contribution in [3.05, 3.63) is 71.3 Å². The van der Waals surface area contributed by atoms with E-state index >= 15 is 0 Å². The molecular formula is C35H50N4O3. The minimum Gasteiger partial charge on any atom is -0.390 e. The number of carbonyl (C=O) groups is 2. The van der Waals surface area contributed by atoms with Gasteiger partial charge in [-0.3, -0.25) is 14.5 Å². The molecule has 7 atom stereocenters. The Morgan fingerprint density at radius 1 is 1.02 bits per heavy atom. The molecule has 7 nitrogen and oxygen atoms in total. The first kappa shape index (κ1) is 30.7. The summed E-state index contributed by atoms with van der Waals surface area (Å²) in [6, 6.07) is 17.1. The van der Waals surface area contributed by atoms with Gasteiger partial charge in [-0.15, -0.1) is 0 Å². The first-order valence-corrected chi connectivity index (χ1v) is 16.0. The third kappa shape index (κ3) is 7.61. The standard InChI is InChI=1S/C35H50N4O3/c1-35(2,3)38-34(42)30-19-24-13-7-8-15-26(24)21-39(30)22-28(36)18-27(17-23-11-5-4-6-12-23)33(41)37-32-29-16-10-9-14-25(29)20-31(32)40/h4-6,9-12,14,16,24,26-28,30-32,40H,7-8,13,15,17-22,36H2,1-3H3,(H,37,41)(H,38,42)/t24-,26+,27+,28-,30-,31+,32-/m0/s1. The van der Waals surface area contributed by atoms with E-state index in [0.717, 1.165) is 29.7 Å². The fourth-order valence-electron chi connectivity index (χ4n) is 7.57. The predicted molar refractivity (Wildman–Crippen MR) is 167 cm³/mol. The van der Waals surface area contributed by atoms with Crippen molar-refractivity contribution >= 4 is 11.8 Å². The molecule has 1 saturated heterocycles. The van der Waals surface area contributed by atoms with Crippen molar-refractivity contribution in [1.29, 1.82) is 0 Å². The number of carbonyl (C=O) groups excluding carboxylic acids is 2. The second-order valence-electron chi connectivity index (χ2n) is 14.1. The summed E-state index contributed by atoms with van der Waals surface area (Å²) < 4.78 is 0. The summed E-state index contributed by atoms with van der Waals surface area (Å²) in [6.45, 7) is 7.55. The zero-order chi connectivity index (χ0) is 29.9. The molecule has 3 aliphatic rings. The number of aliphatic hydroxyl groups excluding tert-OH is 1. The van der Waals surface area contributed by atoms with Gasteiger partial charge in [-0.1, -0.05) is 73.9 Å². The molecule has 5 rings (SSSR count). The van der Waals surface area contributed by atoms with Gasteiger partial charge in [-0.05, 0) is 75.0 Å². The second-order valence-corrected chi connectivity index (χ2v) is 14.1. The molecule has 1 aliphatic heterocycles. The normalized spacial score (nSPS) is 27.4. The summed E-state index contributed by atoms with van der Waals surface area (Å²) in [4.78, 5) is 29.7. The number of hydrogen-bond acceptors (Lipinski definition) is 5. The van der Waals surface area contributed by atoms with Crippen LogP contribution in [0.1, 0.15) is 82.0 Å². The highest BCUT2D eigenvalue weighted by Crippen LogP contribution is 2.39. The molecule has 0 radical (unpaired) electrons. The van der Waals surface area contributed by atoms with Gasteiger partial charge in [0.2, 0.25) is 11.8 Å². The monoisotopic (exact) mass is 574 g/mol. The Bertz CT molecular complexity index is 1210. The van der Waals surface area contributed by atoms with Crippen molar-refractivity contribution < 1.29 is 14.7 Å². The van der Waals surface area contributed by atoms with Crippen LogP contribution in [-0.4, -0.2) is 58.6 Å². The topological polar surface area (TPSA) is 108 Å². The fraction of sp³-hybridized carbons (Fsp3) is 0.600. The van der Waals surface area contributed by atoms with Crippen LogP contribution in [0.5, 0.6) is 0 Å². The van der Waals surface area contributed by atoms with E-state index < -0.39 is 12.1 Å². The Balaban J connectivity index is 1.30. The van der Waals surface area contributed by atoms with Gasteiger partial charge in [-0.2, -0.15) is 0 Å². The Morgan fingerprint density at radius 3 is 2.45 bits per heavy atom. The molecule has 2 aromatic rings. The summed E-state index contributed by atoms with van der Waals surface area (Å²) in [5.74, 6) is 0.863. The number of nitrogens with two attached hydrogens (primary N) is 1. The summed E-state index contributed by atoms with van der Waals surface area (Å²) in [5.41, 5.74) is 9.73.